The van der Waals surface area contributed by atoms with Crippen LogP contribution in [0.15, 0.2) is 6.20 Å². The second kappa shape index (κ2) is 5.15. The highest BCUT2D eigenvalue weighted by Gasteiger charge is 2.12. The Balaban J connectivity index is 2.87. The van der Waals surface area contributed by atoms with Crippen LogP contribution in [-0.4, -0.2) is 16.3 Å². The van der Waals surface area contributed by atoms with Gasteiger partial charge in [0.25, 0.3) is 0 Å². The number of aryl methyl sites for hydroxylation is 2. The largest absolute Gasteiger partial charge is 0.330 e. The molecule has 0 aliphatic carbocycles. The van der Waals surface area contributed by atoms with Gasteiger partial charge in [-0.1, -0.05) is 13.8 Å². The van der Waals surface area contributed by atoms with Crippen molar-refractivity contribution in [1.29, 1.82) is 0 Å². The molecule has 0 atom stereocenters. The van der Waals surface area contributed by atoms with Gasteiger partial charge in [-0.3, -0.25) is 4.68 Å². The molecule has 14 heavy (non-hydrogen) atoms. The first kappa shape index (κ1) is 11.2. The van der Waals surface area contributed by atoms with Gasteiger partial charge in [-0.2, -0.15) is 5.10 Å². The van der Waals surface area contributed by atoms with Crippen molar-refractivity contribution in [2.75, 3.05) is 6.54 Å². The highest BCUT2D eigenvalue weighted by Crippen LogP contribution is 2.20. The number of aromatic nitrogens is 2. The Morgan fingerprint density at radius 2 is 2.21 bits per heavy atom. The van der Waals surface area contributed by atoms with Crippen LogP contribution in [0.4, 0.5) is 0 Å². The normalized spacial score (nSPS) is 11.2. The average molecular weight is 195 g/mol. The minimum atomic E-state index is 0.547. The highest BCUT2D eigenvalue weighted by atomic mass is 15.3. The van der Waals surface area contributed by atoms with Crippen LogP contribution < -0.4 is 5.73 Å². The summed E-state index contributed by atoms with van der Waals surface area (Å²) in [5, 5.41) is 4.38. The first-order valence-electron chi connectivity index (χ1n) is 5.45. The number of nitrogens with zero attached hydrogens (tertiary/aromatic N) is 2. The molecule has 0 fully saturated rings. The monoisotopic (exact) mass is 195 g/mol. The van der Waals surface area contributed by atoms with Crippen LogP contribution in [0.3, 0.4) is 0 Å². The maximum atomic E-state index is 5.51. The van der Waals surface area contributed by atoms with Gasteiger partial charge in [-0.05, 0) is 37.8 Å². The van der Waals surface area contributed by atoms with E-state index in [2.05, 4.69) is 30.6 Å². The molecule has 0 aromatic carbocycles. The van der Waals surface area contributed by atoms with E-state index >= 15 is 0 Å². The highest BCUT2D eigenvalue weighted by molar-refractivity contribution is 5.21. The molecule has 0 radical (unpaired) electrons. The minimum absolute atomic E-state index is 0.547. The first-order chi connectivity index (χ1) is 6.70. The molecule has 2 N–H and O–H groups in total. The van der Waals surface area contributed by atoms with Crippen LogP contribution in [0.25, 0.3) is 0 Å². The maximum Gasteiger partial charge on any atom is 0.0524 e. The van der Waals surface area contributed by atoms with Crippen molar-refractivity contribution < 1.29 is 0 Å². The summed E-state index contributed by atoms with van der Waals surface area (Å²) in [7, 11) is 0. The van der Waals surface area contributed by atoms with Crippen molar-refractivity contribution in [1.82, 2.24) is 9.78 Å². The molecule has 80 valence electrons. The molecule has 0 aliphatic rings. The number of rotatable bonds is 5. The fourth-order valence-corrected chi connectivity index (χ4v) is 1.84. The third-order valence-electron chi connectivity index (χ3n) is 2.46. The van der Waals surface area contributed by atoms with E-state index in [9.17, 15) is 0 Å². The summed E-state index contributed by atoms with van der Waals surface area (Å²) >= 11 is 0. The number of nitrogens with two attached hydrogens (primary N) is 1. The standard InChI is InChI=1S/C11H21N3/c1-4-14-11(9(2)3)10(8-13-14)6-5-7-12/h8-9H,4-7,12H2,1-3H3. The van der Waals surface area contributed by atoms with Gasteiger partial charge in [0.05, 0.1) is 6.20 Å². The van der Waals surface area contributed by atoms with Gasteiger partial charge in [-0.15, -0.1) is 0 Å². The Morgan fingerprint density at radius 1 is 1.50 bits per heavy atom. The van der Waals surface area contributed by atoms with Crippen molar-refractivity contribution in [2.45, 2.75) is 46.1 Å². The lowest BCUT2D eigenvalue weighted by molar-refractivity contribution is 0.594. The molecule has 0 amide bonds. The van der Waals surface area contributed by atoms with Gasteiger partial charge in [0.15, 0.2) is 0 Å². The molecule has 0 spiro atoms. The summed E-state index contributed by atoms with van der Waals surface area (Å²) in [6.07, 6.45) is 4.10. The first-order valence-corrected chi connectivity index (χ1v) is 5.45. The Kier molecular flexibility index (Phi) is 4.14. The Bertz CT molecular complexity index is 276. The summed E-state index contributed by atoms with van der Waals surface area (Å²) in [6.45, 7) is 8.28. The van der Waals surface area contributed by atoms with Gasteiger partial charge in [0, 0.05) is 12.2 Å². The van der Waals surface area contributed by atoms with Crippen LogP contribution in [0.2, 0.25) is 0 Å². The van der Waals surface area contributed by atoms with Crippen LogP contribution in [0.5, 0.6) is 0 Å². The Morgan fingerprint density at radius 3 is 2.71 bits per heavy atom. The topological polar surface area (TPSA) is 43.8 Å². The maximum absolute atomic E-state index is 5.51. The van der Waals surface area contributed by atoms with Gasteiger partial charge in [0.2, 0.25) is 0 Å². The van der Waals surface area contributed by atoms with E-state index < -0.39 is 0 Å². The predicted octanol–water partition coefficient (Wildman–Crippen LogP) is 1.92. The molecular weight excluding hydrogens is 174 g/mol. The molecule has 1 heterocycles. The molecule has 3 nitrogen and oxygen atoms in total. The van der Waals surface area contributed by atoms with Crippen LogP contribution in [0.1, 0.15) is 44.4 Å². The van der Waals surface area contributed by atoms with E-state index in [-0.39, 0.29) is 0 Å². The van der Waals surface area contributed by atoms with Crippen molar-refractivity contribution in [3.05, 3.63) is 17.5 Å². The third-order valence-corrected chi connectivity index (χ3v) is 2.46. The van der Waals surface area contributed by atoms with Gasteiger partial charge >= 0.3 is 0 Å². The van der Waals surface area contributed by atoms with E-state index in [0.29, 0.717) is 5.92 Å². The predicted molar refractivity (Wildman–Crippen MR) is 59.4 cm³/mol. The second-order valence-electron chi connectivity index (χ2n) is 3.92. The quantitative estimate of drug-likeness (QED) is 0.780. The lowest BCUT2D eigenvalue weighted by Gasteiger charge is -2.10. The summed E-state index contributed by atoms with van der Waals surface area (Å²) in [6, 6.07) is 0. The van der Waals surface area contributed by atoms with Crippen LogP contribution >= 0.6 is 0 Å². The SMILES string of the molecule is CCn1ncc(CCCN)c1C(C)C. The second-order valence-corrected chi connectivity index (χ2v) is 3.92. The fourth-order valence-electron chi connectivity index (χ4n) is 1.84. The zero-order chi connectivity index (χ0) is 10.6. The van der Waals surface area contributed by atoms with E-state index in [1.807, 2.05) is 6.20 Å². The molecule has 0 unspecified atom stereocenters. The molecule has 3 heteroatoms. The van der Waals surface area contributed by atoms with E-state index in [1.165, 1.54) is 11.3 Å². The zero-order valence-electron chi connectivity index (χ0n) is 9.45. The smallest absolute Gasteiger partial charge is 0.0524 e. The van der Waals surface area contributed by atoms with Gasteiger partial charge in [0.1, 0.15) is 0 Å². The molecule has 0 bridgehead atoms. The molecule has 0 saturated carbocycles. The van der Waals surface area contributed by atoms with E-state index in [0.717, 1.165) is 25.9 Å². The Hall–Kier alpha value is -0.830. The zero-order valence-corrected chi connectivity index (χ0v) is 9.45. The Labute approximate surface area is 86.3 Å². The average Bonchev–Trinajstić information content (AvgIpc) is 2.57. The van der Waals surface area contributed by atoms with Crippen LogP contribution in [0, 0.1) is 0 Å². The van der Waals surface area contributed by atoms with Crippen molar-refractivity contribution in [3.8, 4) is 0 Å². The molecule has 1 aromatic rings. The molecule has 0 saturated heterocycles. The lowest BCUT2D eigenvalue weighted by atomic mass is 10.0. The molecule has 0 aliphatic heterocycles. The number of hydrogen-bond acceptors (Lipinski definition) is 2. The van der Waals surface area contributed by atoms with Gasteiger partial charge < -0.3 is 5.73 Å². The molecule has 1 aromatic heterocycles. The minimum Gasteiger partial charge on any atom is -0.330 e. The van der Waals surface area contributed by atoms with E-state index in [4.69, 9.17) is 5.73 Å². The lowest BCUT2D eigenvalue weighted by Crippen LogP contribution is -2.07. The molecular formula is C11H21N3. The van der Waals surface area contributed by atoms with Crippen molar-refractivity contribution in [2.24, 2.45) is 5.73 Å². The van der Waals surface area contributed by atoms with E-state index in [1.54, 1.807) is 0 Å². The molecule has 1 rings (SSSR count). The fraction of sp³-hybridized carbons (Fsp3) is 0.727. The summed E-state index contributed by atoms with van der Waals surface area (Å²) in [5.74, 6) is 0.547. The summed E-state index contributed by atoms with van der Waals surface area (Å²) < 4.78 is 2.09. The van der Waals surface area contributed by atoms with Crippen molar-refractivity contribution in [3.63, 3.8) is 0 Å². The van der Waals surface area contributed by atoms with Crippen molar-refractivity contribution >= 4 is 0 Å². The third kappa shape index (κ3) is 2.35. The van der Waals surface area contributed by atoms with Gasteiger partial charge in [-0.25, -0.2) is 0 Å². The summed E-state index contributed by atoms with van der Waals surface area (Å²) in [5.41, 5.74) is 8.26. The summed E-state index contributed by atoms with van der Waals surface area (Å²) in [4.78, 5) is 0. The number of hydrogen-bond donors (Lipinski definition) is 1. The van der Waals surface area contributed by atoms with Crippen LogP contribution in [-0.2, 0) is 13.0 Å².